The van der Waals surface area contributed by atoms with Gasteiger partial charge in [-0.05, 0) is 132 Å². The van der Waals surface area contributed by atoms with Gasteiger partial charge in [0, 0.05) is 49.6 Å². The zero-order valence-electron chi connectivity index (χ0n) is 37.7. The third-order valence-corrected chi connectivity index (χ3v) is 12.9. The van der Waals surface area contributed by atoms with Crippen molar-refractivity contribution in [3.05, 3.63) is 205 Å². The van der Waals surface area contributed by atoms with Gasteiger partial charge in [-0.3, -0.25) is 0 Å². The average molecular weight is 856 g/mol. The van der Waals surface area contributed by atoms with Gasteiger partial charge in [-0.15, -0.1) is 0 Å². The molecule has 0 saturated heterocycles. The van der Waals surface area contributed by atoms with E-state index in [0.717, 1.165) is 44.6 Å². The minimum absolute atomic E-state index is 0.106. The molecule has 0 radical (unpaired) electrons. The Balaban J connectivity index is 0.000000387. The predicted molar refractivity (Wildman–Crippen MR) is 278 cm³/mol. The van der Waals surface area contributed by atoms with Crippen LogP contribution < -0.4 is 5.73 Å². The summed E-state index contributed by atoms with van der Waals surface area (Å²) in [5.74, 6) is 0. The Kier molecular flexibility index (Phi) is 9.89. The number of benzene rings is 8. The van der Waals surface area contributed by atoms with Crippen molar-refractivity contribution in [2.75, 3.05) is 5.73 Å². The average Bonchev–Trinajstić information content (AvgIpc) is 4.00. The van der Waals surface area contributed by atoms with E-state index in [9.17, 15) is 0 Å². The molecule has 0 bridgehead atoms. The maximum atomic E-state index is 6.25. The quantitative estimate of drug-likeness (QED) is 0.175. The minimum atomic E-state index is 0.106. The number of aromatic nitrogens is 4. The second kappa shape index (κ2) is 16.1. The van der Waals surface area contributed by atoms with E-state index in [1.165, 1.54) is 71.6 Å². The molecule has 320 valence electrons. The summed E-state index contributed by atoms with van der Waals surface area (Å²) in [6, 6.07) is 62.8. The molecule has 4 heterocycles. The maximum Gasteiger partial charge on any atom is 0.180 e. The van der Waals surface area contributed by atoms with E-state index in [-0.39, 0.29) is 5.41 Å². The molecule has 0 atom stereocenters. The van der Waals surface area contributed by atoms with Crippen LogP contribution in [0.1, 0.15) is 44.4 Å². The van der Waals surface area contributed by atoms with Crippen LogP contribution in [0.3, 0.4) is 0 Å². The fourth-order valence-corrected chi connectivity index (χ4v) is 9.53. The van der Waals surface area contributed by atoms with E-state index in [1.54, 1.807) is 6.33 Å². The molecule has 12 aromatic rings. The number of furan rings is 1. The van der Waals surface area contributed by atoms with Crippen LogP contribution in [0, 0.1) is 6.92 Å². The first-order chi connectivity index (χ1) is 32.1. The molecular formula is C60H49N5O. The summed E-state index contributed by atoms with van der Waals surface area (Å²) in [5.41, 5.74) is 23.9. The second-order valence-corrected chi connectivity index (χ2v) is 18.1. The highest BCUT2D eigenvalue weighted by atomic mass is 16.3. The molecule has 6 nitrogen and oxygen atoms in total. The molecule has 0 aliphatic rings. The standard InChI is InChI=1S/C50H36N4O.C10H13N/c1-50(2,3)34-20-24-36(25-21-34)54-43-14-8-5-11-38(43)41-29-33(19-27-45(41)54)32-18-26-44-40(28-32)37-10-4-7-13-42(37)53(44)35-22-16-31(17-23-35)47-49-48(52-30-51-47)39-12-6-9-15-46(39)55-49;1-3-4-9-5-6-10(11)7-8(9)2/h4-30H,1-3H3;3-7H,11H2,1-2H3/b;4-3-. The van der Waals surface area contributed by atoms with Crippen molar-refractivity contribution in [3.63, 3.8) is 0 Å². The Labute approximate surface area is 383 Å². The second-order valence-electron chi connectivity index (χ2n) is 18.1. The Morgan fingerprint density at radius 3 is 1.64 bits per heavy atom. The first-order valence-electron chi connectivity index (χ1n) is 22.5. The van der Waals surface area contributed by atoms with Crippen LogP contribution >= 0.6 is 0 Å². The van der Waals surface area contributed by atoms with Crippen LogP contribution in [0.25, 0.3) is 106 Å². The van der Waals surface area contributed by atoms with Gasteiger partial charge in [0.2, 0.25) is 0 Å². The number of nitrogens with zero attached hydrogens (tertiary/aromatic N) is 4. The Bertz CT molecular complexity index is 3820. The topological polar surface area (TPSA) is 74.8 Å². The van der Waals surface area contributed by atoms with Crippen molar-refractivity contribution in [2.24, 2.45) is 0 Å². The lowest BCUT2D eigenvalue weighted by Gasteiger charge is -2.19. The first kappa shape index (κ1) is 40.5. The Morgan fingerprint density at radius 2 is 1.06 bits per heavy atom. The normalized spacial score (nSPS) is 12.0. The fraction of sp³-hybridized carbons (Fsp3) is 0.100. The molecule has 0 saturated carbocycles. The molecule has 0 fully saturated rings. The lowest BCUT2D eigenvalue weighted by molar-refractivity contribution is 0.590. The number of allylic oxidation sites excluding steroid dienone is 1. The smallest absolute Gasteiger partial charge is 0.180 e. The molecule has 8 aromatic carbocycles. The summed E-state index contributed by atoms with van der Waals surface area (Å²) in [6.45, 7) is 10.9. The van der Waals surface area contributed by atoms with E-state index in [2.05, 4.69) is 186 Å². The van der Waals surface area contributed by atoms with Gasteiger partial charge < -0.3 is 19.3 Å². The van der Waals surface area contributed by atoms with Crippen LogP contribution in [-0.4, -0.2) is 19.1 Å². The lowest BCUT2D eigenvalue weighted by atomic mass is 9.87. The van der Waals surface area contributed by atoms with Crippen molar-refractivity contribution < 1.29 is 4.42 Å². The highest BCUT2D eigenvalue weighted by molar-refractivity contribution is 6.13. The van der Waals surface area contributed by atoms with Gasteiger partial charge in [0.1, 0.15) is 23.1 Å². The van der Waals surface area contributed by atoms with Crippen LogP contribution in [0.4, 0.5) is 5.69 Å². The number of hydrogen-bond donors (Lipinski definition) is 1. The zero-order chi connectivity index (χ0) is 45.1. The van der Waals surface area contributed by atoms with Gasteiger partial charge in [0.05, 0.1) is 22.1 Å². The third kappa shape index (κ3) is 6.99. The summed E-state index contributed by atoms with van der Waals surface area (Å²) in [6.07, 6.45) is 5.73. The Morgan fingerprint density at radius 1 is 0.530 bits per heavy atom. The summed E-state index contributed by atoms with van der Waals surface area (Å²) in [5, 5.41) is 5.94. The SMILES string of the molecule is C/C=C\c1ccc(N)cc1C.CC(C)(C)c1ccc(-n2c3ccccc3c3cc(-c4ccc5c(c4)c4ccccc4n5-c4ccc(-c5ncnc6c5oc5ccccc56)cc4)ccc32)cc1. The van der Waals surface area contributed by atoms with Crippen molar-refractivity contribution in [2.45, 2.75) is 40.0 Å². The summed E-state index contributed by atoms with van der Waals surface area (Å²) in [7, 11) is 0. The number of para-hydroxylation sites is 3. The number of nitrogen functional groups attached to an aromatic ring is 1. The lowest BCUT2D eigenvalue weighted by Crippen LogP contribution is -2.10. The number of anilines is 1. The molecule has 0 unspecified atom stereocenters. The van der Waals surface area contributed by atoms with E-state index >= 15 is 0 Å². The molecule has 2 N–H and O–H groups in total. The van der Waals surface area contributed by atoms with Crippen LogP contribution in [0.2, 0.25) is 0 Å². The number of rotatable bonds is 5. The molecule has 0 aliphatic carbocycles. The zero-order valence-corrected chi connectivity index (χ0v) is 37.7. The number of fused-ring (bicyclic) bond motifs is 9. The molecule has 0 aliphatic heterocycles. The maximum absolute atomic E-state index is 6.25. The van der Waals surface area contributed by atoms with E-state index < -0.39 is 0 Å². The highest BCUT2D eigenvalue weighted by Gasteiger charge is 2.19. The minimum Gasteiger partial charge on any atom is -0.452 e. The molecule has 0 amide bonds. The fourth-order valence-electron chi connectivity index (χ4n) is 9.53. The van der Waals surface area contributed by atoms with Gasteiger partial charge in [0.25, 0.3) is 0 Å². The number of aryl methyl sites for hydroxylation is 1. The van der Waals surface area contributed by atoms with Crippen molar-refractivity contribution in [1.29, 1.82) is 0 Å². The van der Waals surface area contributed by atoms with Gasteiger partial charge >= 0.3 is 0 Å². The summed E-state index contributed by atoms with van der Waals surface area (Å²) >= 11 is 0. The van der Waals surface area contributed by atoms with Crippen molar-refractivity contribution in [3.8, 4) is 33.8 Å². The number of hydrogen-bond acceptors (Lipinski definition) is 4. The van der Waals surface area contributed by atoms with E-state index in [0.29, 0.717) is 5.58 Å². The molecule has 66 heavy (non-hydrogen) atoms. The van der Waals surface area contributed by atoms with Gasteiger partial charge in [0.15, 0.2) is 5.58 Å². The Hall–Kier alpha value is -8.22. The highest BCUT2D eigenvalue weighted by Crippen LogP contribution is 2.39. The van der Waals surface area contributed by atoms with Gasteiger partial charge in [-0.25, -0.2) is 9.97 Å². The van der Waals surface area contributed by atoms with Gasteiger partial charge in [-0.1, -0.05) is 124 Å². The molecular weight excluding hydrogens is 807 g/mol. The molecule has 6 heteroatoms. The van der Waals surface area contributed by atoms with Crippen molar-refractivity contribution in [1.82, 2.24) is 19.1 Å². The van der Waals surface area contributed by atoms with E-state index in [4.69, 9.17) is 10.2 Å². The van der Waals surface area contributed by atoms with Crippen LogP contribution in [-0.2, 0) is 5.41 Å². The molecule has 4 aromatic heterocycles. The predicted octanol–water partition coefficient (Wildman–Crippen LogP) is 15.8. The van der Waals surface area contributed by atoms with Crippen LogP contribution in [0.5, 0.6) is 0 Å². The van der Waals surface area contributed by atoms with Crippen LogP contribution in [0.15, 0.2) is 193 Å². The summed E-state index contributed by atoms with van der Waals surface area (Å²) < 4.78 is 11.0. The largest absolute Gasteiger partial charge is 0.452 e. The molecule has 0 spiro atoms. The number of nitrogens with two attached hydrogens (primary N) is 1. The third-order valence-electron chi connectivity index (χ3n) is 12.9. The monoisotopic (exact) mass is 855 g/mol. The summed E-state index contributed by atoms with van der Waals surface area (Å²) in [4.78, 5) is 9.21. The van der Waals surface area contributed by atoms with E-state index in [1.807, 2.05) is 55.5 Å². The van der Waals surface area contributed by atoms with Gasteiger partial charge in [-0.2, -0.15) is 0 Å². The first-order valence-corrected chi connectivity index (χ1v) is 22.5. The molecule has 12 rings (SSSR count). The van der Waals surface area contributed by atoms with Crippen molar-refractivity contribution >= 4 is 77.4 Å².